The van der Waals surface area contributed by atoms with Crippen LogP contribution < -0.4 is 20.2 Å². The van der Waals surface area contributed by atoms with Gasteiger partial charge in [-0.15, -0.1) is 0 Å². The predicted molar refractivity (Wildman–Crippen MR) is 119 cm³/mol. The van der Waals surface area contributed by atoms with Crippen molar-refractivity contribution in [3.8, 4) is 11.5 Å². The number of carbonyl (C=O) groups excluding carboxylic acids is 1. The van der Waals surface area contributed by atoms with Gasteiger partial charge in [0.05, 0.1) is 30.7 Å². The standard InChI is InChI=1S/C25H27NO5/c1-4-5-6-7-12-30-19-11-9-16(14-20(19)29-3)22-21-23(27)17-13-15(2)8-10-18(17)31-24(21)25(28)26-22/h8-11,13-14,22H,4-7,12H2,1-3H3,(H,26,28). The van der Waals surface area contributed by atoms with Gasteiger partial charge < -0.3 is 19.2 Å². The zero-order valence-corrected chi connectivity index (χ0v) is 18.1. The van der Waals surface area contributed by atoms with Gasteiger partial charge in [-0.25, -0.2) is 0 Å². The highest BCUT2D eigenvalue weighted by molar-refractivity contribution is 5.99. The van der Waals surface area contributed by atoms with Gasteiger partial charge in [0.2, 0.25) is 5.76 Å². The SMILES string of the molecule is CCCCCCOc1ccc(C2NC(=O)c3oc4ccc(C)cc4c(=O)c32)cc1OC. The first-order valence-electron chi connectivity index (χ1n) is 10.7. The number of amides is 1. The molecule has 0 bridgehead atoms. The highest BCUT2D eigenvalue weighted by Crippen LogP contribution is 2.36. The summed E-state index contributed by atoms with van der Waals surface area (Å²) >= 11 is 0. The van der Waals surface area contributed by atoms with E-state index in [2.05, 4.69) is 12.2 Å². The third kappa shape index (κ3) is 4.02. The minimum atomic E-state index is -0.601. The molecule has 0 spiro atoms. The Bertz CT molecular complexity index is 1180. The first-order chi connectivity index (χ1) is 15.0. The summed E-state index contributed by atoms with van der Waals surface area (Å²) in [6.07, 6.45) is 4.48. The maximum absolute atomic E-state index is 13.2. The van der Waals surface area contributed by atoms with Gasteiger partial charge in [0.25, 0.3) is 5.91 Å². The van der Waals surface area contributed by atoms with E-state index >= 15 is 0 Å². The Hall–Kier alpha value is -3.28. The van der Waals surface area contributed by atoms with E-state index in [1.54, 1.807) is 25.3 Å². The molecule has 1 aliphatic rings. The number of nitrogens with one attached hydrogen (secondary N) is 1. The van der Waals surface area contributed by atoms with Crippen molar-refractivity contribution >= 4 is 16.9 Å². The molecule has 4 rings (SSSR count). The zero-order valence-electron chi connectivity index (χ0n) is 18.1. The first kappa shape index (κ1) is 21.0. The molecule has 0 saturated carbocycles. The molecule has 2 aromatic carbocycles. The molecule has 1 aliphatic heterocycles. The van der Waals surface area contributed by atoms with Crippen LogP contribution >= 0.6 is 0 Å². The van der Waals surface area contributed by atoms with E-state index in [9.17, 15) is 9.59 Å². The smallest absolute Gasteiger partial charge is 0.288 e. The second kappa shape index (κ2) is 8.84. The van der Waals surface area contributed by atoms with Crippen LogP contribution in [0.1, 0.15) is 65.9 Å². The quantitative estimate of drug-likeness (QED) is 0.523. The van der Waals surface area contributed by atoms with Crippen molar-refractivity contribution in [3.63, 3.8) is 0 Å². The number of unbranched alkanes of at least 4 members (excludes halogenated alkanes) is 3. The maximum Gasteiger partial charge on any atom is 0.288 e. The van der Waals surface area contributed by atoms with Gasteiger partial charge in [-0.1, -0.05) is 43.9 Å². The Morgan fingerprint density at radius 3 is 2.65 bits per heavy atom. The van der Waals surface area contributed by atoms with Gasteiger partial charge in [0.15, 0.2) is 16.9 Å². The molecule has 1 N–H and O–H groups in total. The van der Waals surface area contributed by atoms with Gasteiger partial charge in [0.1, 0.15) is 5.58 Å². The van der Waals surface area contributed by atoms with E-state index in [-0.39, 0.29) is 11.2 Å². The summed E-state index contributed by atoms with van der Waals surface area (Å²) in [5.41, 5.74) is 2.24. The van der Waals surface area contributed by atoms with Crippen molar-refractivity contribution in [2.75, 3.05) is 13.7 Å². The van der Waals surface area contributed by atoms with Crippen LogP contribution in [-0.2, 0) is 0 Å². The summed E-state index contributed by atoms with van der Waals surface area (Å²) in [5, 5.41) is 3.35. The second-order valence-corrected chi connectivity index (χ2v) is 7.90. The molecular formula is C25H27NO5. The molecule has 0 saturated heterocycles. The average Bonchev–Trinajstić information content (AvgIpc) is 3.11. The third-order valence-corrected chi connectivity index (χ3v) is 5.63. The normalized spacial score (nSPS) is 15.1. The molecule has 1 aromatic heterocycles. The number of fused-ring (bicyclic) bond motifs is 2. The molecular weight excluding hydrogens is 394 g/mol. The van der Waals surface area contributed by atoms with Crippen LogP contribution in [0.2, 0.25) is 0 Å². The minimum Gasteiger partial charge on any atom is -0.493 e. The molecule has 162 valence electrons. The molecule has 6 nitrogen and oxygen atoms in total. The van der Waals surface area contributed by atoms with E-state index in [1.165, 1.54) is 12.8 Å². The van der Waals surface area contributed by atoms with Crippen molar-refractivity contribution in [1.82, 2.24) is 5.32 Å². The van der Waals surface area contributed by atoms with E-state index < -0.39 is 11.9 Å². The number of methoxy groups -OCH3 is 1. The van der Waals surface area contributed by atoms with E-state index in [1.807, 2.05) is 25.1 Å². The van der Waals surface area contributed by atoms with E-state index in [0.717, 1.165) is 24.0 Å². The molecule has 1 unspecified atom stereocenters. The fraction of sp³-hybridized carbons (Fsp3) is 0.360. The van der Waals surface area contributed by atoms with Crippen LogP contribution in [0.25, 0.3) is 11.0 Å². The number of hydrogen-bond acceptors (Lipinski definition) is 5. The largest absolute Gasteiger partial charge is 0.493 e. The summed E-state index contributed by atoms with van der Waals surface area (Å²) in [5.74, 6) is 0.890. The number of hydrogen-bond donors (Lipinski definition) is 1. The number of benzene rings is 2. The lowest BCUT2D eigenvalue weighted by Gasteiger charge is -2.16. The highest BCUT2D eigenvalue weighted by atomic mass is 16.5. The van der Waals surface area contributed by atoms with Crippen LogP contribution in [0.4, 0.5) is 0 Å². The van der Waals surface area contributed by atoms with Crippen molar-refractivity contribution in [3.05, 3.63) is 69.1 Å². The predicted octanol–water partition coefficient (Wildman–Crippen LogP) is 4.90. The Morgan fingerprint density at radius 1 is 1.03 bits per heavy atom. The van der Waals surface area contributed by atoms with Crippen LogP contribution in [0.15, 0.2) is 45.6 Å². The van der Waals surface area contributed by atoms with Gasteiger partial charge >= 0.3 is 0 Å². The molecule has 31 heavy (non-hydrogen) atoms. The Morgan fingerprint density at radius 2 is 1.87 bits per heavy atom. The molecule has 1 atom stereocenters. The monoisotopic (exact) mass is 421 g/mol. The summed E-state index contributed by atoms with van der Waals surface area (Å²) in [4.78, 5) is 25.8. The minimum absolute atomic E-state index is 0.0709. The lowest BCUT2D eigenvalue weighted by atomic mass is 9.98. The lowest BCUT2D eigenvalue weighted by Crippen LogP contribution is -2.22. The molecule has 6 heteroatoms. The molecule has 1 amide bonds. The zero-order chi connectivity index (χ0) is 22.0. The number of carbonyl (C=O) groups is 1. The molecule has 2 heterocycles. The lowest BCUT2D eigenvalue weighted by molar-refractivity contribution is 0.0938. The third-order valence-electron chi connectivity index (χ3n) is 5.63. The van der Waals surface area contributed by atoms with Gasteiger partial charge in [-0.3, -0.25) is 9.59 Å². The van der Waals surface area contributed by atoms with Crippen LogP contribution in [0.3, 0.4) is 0 Å². The van der Waals surface area contributed by atoms with Crippen molar-refractivity contribution < 1.29 is 18.7 Å². The van der Waals surface area contributed by atoms with Gasteiger partial charge in [0, 0.05) is 0 Å². The van der Waals surface area contributed by atoms with Gasteiger partial charge in [-0.2, -0.15) is 0 Å². The Balaban J connectivity index is 1.67. The van der Waals surface area contributed by atoms with E-state index in [0.29, 0.717) is 34.6 Å². The van der Waals surface area contributed by atoms with Crippen LogP contribution in [0, 0.1) is 6.92 Å². The number of aryl methyl sites for hydroxylation is 1. The Labute approximate surface area is 181 Å². The van der Waals surface area contributed by atoms with Crippen LogP contribution in [-0.4, -0.2) is 19.6 Å². The van der Waals surface area contributed by atoms with Crippen molar-refractivity contribution in [1.29, 1.82) is 0 Å². The van der Waals surface area contributed by atoms with Crippen molar-refractivity contribution in [2.45, 2.75) is 45.6 Å². The summed E-state index contributed by atoms with van der Waals surface area (Å²) < 4.78 is 17.2. The van der Waals surface area contributed by atoms with E-state index in [4.69, 9.17) is 13.9 Å². The second-order valence-electron chi connectivity index (χ2n) is 7.90. The van der Waals surface area contributed by atoms with Crippen LogP contribution in [0.5, 0.6) is 11.5 Å². The molecule has 0 aliphatic carbocycles. The molecule has 0 radical (unpaired) electrons. The summed E-state index contributed by atoms with van der Waals surface area (Å²) in [7, 11) is 1.58. The maximum atomic E-state index is 13.2. The summed E-state index contributed by atoms with van der Waals surface area (Å²) in [6, 6.07) is 10.3. The fourth-order valence-electron chi connectivity index (χ4n) is 3.97. The fourth-order valence-corrected chi connectivity index (χ4v) is 3.97. The molecule has 3 aromatic rings. The summed E-state index contributed by atoms with van der Waals surface area (Å²) in [6.45, 7) is 4.71. The Kier molecular flexibility index (Phi) is 5.98. The highest BCUT2D eigenvalue weighted by Gasteiger charge is 2.36. The molecule has 0 fully saturated rings. The number of rotatable bonds is 8. The van der Waals surface area contributed by atoms with Gasteiger partial charge in [-0.05, 0) is 43.2 Å². The average molecular weight is 421 g/mol. The first-order valence-corrected chi connectivity index (χ1v) is 10.7. The van der Waals surface area contributed by atoms with Crippen molar-refractivity contribution in [2.24, 2.45) is 0 Å². The number of ether oxygens (including phenoxy) is 2. The topological polar surface area (TPSA) is 77.8 Å².